The number of aromatic amines is 1. The first-order chi connectivity index (χ1) is 12.2. The van der Waals surface area contributed by atoms with Gasteiger partial charge in [-0.25, -0.2) is 0 Å². The summed E-state index contributed by atoms with van der Waals surface area (Å²) in [4.78, 5) is 14.9. The second kappa shape index (κ2) is 7.48. The Bertz CT molecular complexity index is 907. The van der Waals surface area contributed by atoms with Crippen LogP contribution in [-0.2, 0) is 6.42 Å². The van der Waals surface area contributed by atoms with Gasteiger partial charge in [0, 0.05) is 18.2 Å². The summed E-state index contributed by atoms with van der Waals surface area (Å²) in [5, 5.41) is 11.1. The normalized spacial score (nSPS) is 10.3. The molecule has 0 radical (unpaired) electrons. The largest absolute Gasteiger partial charge is 0.497 e. The van der Waals surface area contributed by atoms with Crippen LogP contribution in [0.3, 0.4) is 0 Å². The summed E-state index contributed by atoms with van der Waals surface area (Å²) in [5.74, 6) is 1.75. The lowest BCUT2D eigenvalue weighted by molar-refractivity contribution is 0.414. The molecule has 0 saturated carbocycles. The smallest absolute Gasteiger partial charge is 0.274 e. The minimum atomic E-state index is -0.281. The molecule has 0 aliphatic carbocycles. The molecule has 0 amide bonds. The molecule has 3 aromatic rings. The number of benzene rings is 2. The number of nitrogens with zero attached hydrogens (tertiary/aromatic N) is 2. The molecule has 7 heteroatoms. The molecule has 0 unspecified atom stereocenters. The number of ether oxygens (including phenoxy) is 2. The number of rotatable bonds is 6. The molecule has 2 N–H and O–H groups in total. The summed E-state index contributed by atoms with van der Waals surface area (Å²) in [6, 6.07) is 14.8. The fourth-order valence-electron chi connectivity index (χ4n) is 2.31. The van der Waals surface area contributed by atoms with E-state index in [1.807, 2.05) is 42.5 Å². The Morgan fingerprint density at radius 2 is 1.76 bits per heavy atom. The highest BCUT2D eigenvalue weighted by atomic mass is 16.5. The van der Waals surface area contributed by atoms with Crippen LogP contribution in [0.2, 0.25) is 0 Å². The number of H-pyrrole nitrogens is 1. The van der Waals surface area contributed by atoms with Crippen LogP contribution in [0.5, 0.6) is 11.5 Å². The molecule has 0 fully saturated rings. The van der Waals surface area contributed by atoms with Gasteiger partial charge in [0.25, 0.3) is 5.56 Å². The third-order valence-electron chi connectivity index (χ3n) is 3.63. The summed E-state index contributed by atoms with van der Waals surface area (Å²) in [6.45, 7) is 0. The van der Waals surface area contributed by atoms with Gasteiger partial charge in [0.2, 0.25) is 5.95 Å². The van der Waals surface area contributed by atoms with Crippen LogP contribution in [0.25, 0.3) is 0 Å². The Morgan fingerprint density at radius 1 is 1.00 bits per heavy atom. The highest BCUT2D eigenvalue weighted by Gasteiger charge is 2.07. The van der Waals surface area contributed by atoms with E-state index >= 15 is 0 Å². The van der Waals surface area contributed by atoms with Crippen molar-refractivity contribution in [2.45, 2.75) is 6.42 Å². The molecule has 128 valence electrons. The molecule has 0 aliphatic rings. The fraction of sp³-hybridized carbons (Fsp3) is 0.167. The van der Waals surface area contributed by atoms with E-state index in [1.54, 1.807) is 20.3 Å². The van der Waals surface area contributed by atoms with Gasteiger partial charge in [-0.1, -0.05) is 18.2 Å². The van der Waals surface area contributed by atoms with E-state index in [9.17, 15) is 4.79 Å². The van der Waals surface area contributed by atoms with Crippen molar-refractivity contribution in [1.29, 1.82) is 0 Å². The molecule has 3 rings (SSSR count). The summed E-state index contributed by atoms with van der Waals surface area (Å²) >= 11 is 0. The van der Waals surface area contributed by atoms with E-state index in [0.29, 0.717) is 17.9 Å². The van der Waals surface area contributed by atoms with Crippen LogP contribution in [0.15, 0.2) is 53.3 Å². The first-order valence-corrected chi connectivity index (χ1v) is 7.68. The molecule has 0 aliphatic heterocycles. The van der Waals surface area contributed by atoms with E-state index in [1.165, 1.54) is 0 Å². The van der Waals surface area contributed by atoms with Crippen LogP contribution in [0.1, 0.15) is 11.3 Å². The van der Waals surface area contributed by atoms with Crippen LogP contribution in [0.4, 0.5) is 11.6 Å². The average molecular weight is 338 g/mol. The van der Waals surface area contributed by atoms with Crippen molar-refractivity contribution >= 4 is 11.6 Å². The van der Waals surface area contributed by atoms with E-state index in [0.717, 1.165) is 17.0 Å². The predicted molar refractivity (Wildman–Crippen MR) is 94.7 cm³/mol. The molecule has 1 aromatic heterocycles. The third kappa shape index (κ3) is 4.14. The van der Waals surface area contributed by atoms with Gasteiger partial charge in [-0.2, -0.15) is 0 Å². The maximum Gasteiger partial charge on any atom is 0.274 e. The molecular weight excluding hydrogens is 320 g/mol. The first kappa shape index (κ1) is 16.5. The zero-order chi connectivity index (χ0) is 17.6. The van der Waals surface area contributed by atoms with Gasteiger partial charge in [-0.15, -0.1) is 10.2 Å². The van der Waals surface area contributed by atoms with Gasteiger partial charge < -0.3 is 14.8 Å². The summed E-state index contributed by atoms with van der Waals surface area (Å²) in [6.07, 6.45) is 0.395. The summed E-state index contributed by atoms with van der Waals surface area (Å²) < 4.78 is 10.3. The number of methoxy groups -OCH3 is 2. The fourth-order valence-corrected chi connectivity index (χ4v) is 2.31. The van der Waals surface area contributed by atoms with Crippen LogP contribution >= 0.6 is 0 Å². The summed E-state index contributed by atoms with van der Waals surface area (Å²) in [5.41, 5.74) is 1.76. The molecule has 0 spiro atoms. The molecular formula is C18H18N4O3. The van der Waals surface area contributed by atoms with Crippen LogP contribution in [0, 0.1) is 0 Å². The average Bonchev–Trinajstić information content (AvgIpc) is 2.65. The van der Waals surface area contributed by atoms with E-state index in [2.05, 4.69) is 20.5 Å². The standard InChI is InChI=1S/C18H18N4O3/c1-24-14-8-6-12(7-9-14)10-16-17(23)20-18(22-21-16)19-13-4-3-5-15(11-13)25-2/h3-9,11H,10H2,1-2H3,(H2,19,20,22,23). The maximum absolute atomic E-state index is 12.2. The zero-order valence-electron chi connectivity index (χ0n) is 13.9. The topological polar surface area (TPSA) is 89.1 Å². The highest BCUT2D eigenvalue weighted by Crippen LogP contribution is 2.18. The molecule has 0 saturated heterocycles. The Morgan fingerprint density at radius 3 is 2.44 bits per heavy atom. The van der Waals surface area contributed by atoms with Crippen LogP contribution in [-0.4, -0.2) is 29.4 Å². The van der Waals surface area contributed by atoms with Crippen molar-refractivity contribution in [2.75, 3.05) is 19.5 Å². The van der Waals surface area contributed by atoms with Gasteiger partial charge in [0.15, 0.2) is 0 Å². The number of hydrogen-bond donors (Lipinski definition) is 2. The van der Waals surface area contributed by atoms with Crippen molar-refractivity contribution < 1.29 is 9.47 Å². The van der Waals surface area contributed by atoms with Crippen LogP contribution < -0.4 is 20.3 Å². The highest BCUT2D eigenvalue weighted by molar-refractivity contribution is 5.55. The van der Waals surface area contributed by atoms with Crippen molar-refractivity contribution in [3.63, 3.8) is 0 Å². The van der Waals surface area contributed by atoms with Crippen molar-refractivity contribution in [3.8, 4) is 11.5 Å². The minimum absolute atomic E-state index is 0.275. The van der Waals surface area contributed by atoms with E-state index in [-0.39, 0.29) is 11.5 Å². The van der Waals surface area contributed by atoms with Gasteiger partial charge in [-0.05, 0) is 29.8 Å². The minimum Gasteiger partial charge on any atom is -0.497 e. The Hall–Kier alpha value is -3.35. The molecule has 1 heterocycles. The predicted octanol–water partition coefficient (Wildman–Crippen LogP) is 2.52. The Balaban J connectivity index is 1.74. The maximum atomic E-state index is 12.2. The summed E-state index contributed by atoms with van der Waals surface area (Å²) in [7, 11) is 3.20. The van der Waals surface area contributed by atoms with E-state index < -0.39 is 0 Å². The first-order valence-electron chi connectivity index (χ1n) is 7.68. The molecule has 7 nitrogen and oxygen atoms in total. The van der Waals surface area contributed by atoms with Gasteiger partial charge in [-0.3, -0.25) is 9.78 Å². The Labute approximate surface area is 144 Å². The number of aromatic nitrogens is 3. The van der Waals surface area contributed by atoms with Gasteiger partial charge in [0.05, 0.1) is 14.2 Å². The Kier molecular flexibility index (Phi) is 4.94. The van der Waals surface area contributed by atoms with Crippen molar-refractivity contribution in [3.05, 3.63) is 70.1 Å². The van der Waals surface area contributed by atoms with Gasteiger partial charge >= 0.3 is 0 Å². The van der Waals surface area contributed by atoms with E-state index in [4.69, 9.17) is 9.47 Å². The number of anilines is 2. The quantitative estimate of drug-likeness (QED) is 0.718. The second-order valence-electron chi connectivity index (χ2n) is 5.33. The molecule has 25 heavy (non-hydrogen) atoms. The van der Waals surface area contributed by atoms with Crippen molar-refractivity contribution in [2.24, 2.45) is 0 Å². The number of hydrogen-bond acceptors (Lipinski definition) is 6. The third-order valence-corrected chi connectivity index (χ3v) is 3.63. The SMILES string of the molecule is COc1ccc(Cc2nnc(Nc3cccc(OC)c3)[nH]c2=O)cc1. The zero-order valence-corrected chi connectivity index (χ0v) is 13.9. The molecule has 2 aromatic carbocycles. The molecule has 0 bridgehead atoms. The lowest BCUT2D eigenvalue weighted by atomic mass is 10.1. The lowest BCUT2D eigenvalue weighted by Gasteiger charge is -2.07. The van der Waals surface area contributed by atoms with Gasteiger partial charge in [0.1, 0.15) is 17.2 Å². The second-order valence-corrected chi connectivity index (χ2v) is 5.33. The monoisotopic (exact) mass is 338 g/mol. The van der Waals surface area contributed by atoms with Crippen molar-refractivity contribution in [1.82, 2.24) is 15.2 Å². The lowest BCUT2D eigenvalue weighted by Crippen LogP contribution is -2.18. The number of nitrogens with one attached hydrogen (secondary N) is 2. The molecule has 0 atom stereocenters.